The average Bonchev–Trinajstić information content (AvgIpc) is 3.20. The van der Waals surface area contributed by atoms with Crippen LogP contribution >= 0.6 is 0 Å². The van der Waals surface area contributed by atoms with E-state index < -0.39 is 6.36 Å². The number of hydrogen-bond acceptors (Lipinski definition) is 4. The Balaban J connectivity index is 1.52. The van der Waals surface area contributed by atoms with E-state index in [4.69, 9.17) is 9.47 Å². The molecule has 0 radical (unpaired) electrons. The second kappa shape index (κ2) is 9.17. The van der Waals surface area contributed by atoms with E-state index >= 15 is 0 Å². The van der Waals surface area contributed by atoms with E-state index in [0.717, 1.165) is 19.4 Å². The fraction of sp³-hybridized carbons (Fsp3) is 0.381. The minimum Gasteiger partial charge on any atom is -0.491 e. The minimum absolute atomic E-state index is 0.121. The zero-order valence-electron chi connectivity index (χ0n) is 15.9. The molecular weight excluding hydrogens is 387 g/mol. The molecule has 2 aromatic carbocycles. The fourth-order valence-electron chi connectivity index (χ4n) is 3.02. The molecule has 1 saturated heterocycles. The standard InChI is InChI=1S/C21H22F3NO4/c1-25(13-15-4-8-18(9-5-15)29-21(22,23)24)20(26)16-6-10-17(11-7-16)28-14-19-3-2-12-27-19/h4-11,19H,2-3,12-14H2,1H3. The summed E-state index contributed by atoms with van der Waals surface area (Å²) in [6.45, 7) is 1.51. The van der Waals surface area contributed by atoms with Crippen molar-refractivity contribution in [1.82, 2.24) is 4.90 Å². The van der Waals surface area contributed by atoms with Crippen LogP contribution in [0.25, 0.3) is 0 Å². The van der Waals surface area contributed by atoms with Crippen molar-refractivity contribution in [2.75, 3.05) is 20.3 Å². The number of nitrogens with zero attached hydrogens (tertiary/aromatic N) is 1. The summed E-state index contributed by atoms with van der Waals surface area (Å²) in [5.41, 5.74) is 1.18. The van der Waals surface area contributed by atoms with E-state index in [1.165, 1.54) is 29.2 Å². The zero-order valence-corrected chi connectivity index (χ0v) is 15.9. The first-order valence-corrected chi connectivity index (χ1v) is 9.25. The molecule has 2 aromatic rings. The largest absolute Gasteiger partial charge is 0.573 e. The zero-order chi connectivity index (χ0) is 20.9. The third-order valence-electron chi connectivity index (χ3n) is 4.48. The van der Waals surface area contributed by atoms with E-state index in [9.17, 15) is 18.0 Å². The van der Waals surface area contributed by atoms with Crippen molar-refractivity contribution in [2.24, 2.45) is 0 Å². The molecule has 3 rings (SSSR count). The number of alkyl halides is 3. The Labute approximate surface area is 167 Å². The molecular formula is C21H22F3NO4. The lowest BCUT2D eigenvalue weighted by molar-refractivity contribution is -0.274. The predicted molar refractivity (Wildman–Crippen MR) is 99.8 cm³/mol. The molecule has 1 unspecified atom stereocenters. The lowest BCUT2D eigenvalue weighted by atomic mass is 10.1. The van der Waals surface area contributed by atoms with Crippen LogP contribution in [0, 0.1) is 0 Å². The number of benzene rings is 2. The van der Waals surface area contributed by atoms with E-state index in [2.05, 4.69) is 4.74 Å². The summed E-state index contributed by atoms with van der Waals surface area (Å²) in [7, 11) is 1.63. The molecule has 1 aliphatic heterocycles. The van der Waals surface area contributed by atoms with E-state index in [1.807, 2.05) is 0 Å². The molecule has 0 aliphatic carbocycles. The van der Waals surface area contributed by atoms with Gasteiger partial charge < -0.3 is 19.1 Å². The van der Waals surface area contributed by atoms with Crippen molar-refractivity contribution in [3.05, 3.63) is 59.7 Å². The normalized spacial score (nSPS) is 16.5. The van der Waals surface area contributed by atoms with Gasteiger partial charge in [0.2, 0.25) is 0 Å². The first-order valence-electron chi connectivity index (χ1n) is 9.25. The van der Waals surface area contributed by atoms with Gasteiger partial charge in [0.15, 0.2) is 0 Å². The molecule has 8 heteroatoms. The molecule has 0 bridgehead atoms. The maximum atomic E-state index is 12.6. The first-order chi connectivity index (χ1) is 13.8. The Morgan fingerprint density at radius 3 is 2.34 bits per heavy atom. The van der Waals surface area contributed by atoms with Crippen molar-refractivity contribution in [1.29, 1.82) is 0 Å². The van der Waals surface area contributed by atoms with Gasteiger partial charge in [0, 0.05) is 25.8 Å². The number of ether oxygens (including phenoxy) is 3. The summed E-state index contributed by atoms with van der Waals surface area (Å²) in [6.07, 6.45) is -2.57. The molecule has 156 valence electrons. The molecule has 1 heterocycles. The summed E-state index contributed by atoms with van der Waals surface area (Å²) < 4.78 is 51.7. The average molecular weight is 409 g/mol. The van der Waals surface area contributed by atoms with Crippen LogP contribution in [-0.4, -0.2) is 43.5 Å². The summed E-state index contributed by atoms with van der Waals surface area (Å²) in [6, 6.07) is 12.3. The SMILES string of the molecule is CN(Cc1ccc(OC(F)(F)F)cc1)C(=O)c1ccc(OCC2CCCO2)cc1. The number of halogens is 3. The highest BCUT2D eigenvalue weighted by Crippen LogP contribution is 2.23. The Hall–Kier alpha value is -2.74. The van der Waals surface area contributed by atoms with Gasteiger partial charge in [-0.2, -0.15) is 0 Å². The molecule has 0 saturated carbocycles. The Morgan fingerprint density at radius 2 is 1.76 bits per heavy atom. The lowest BCUT2D eigenvalue weighted by Gasteiger charge is -2.18. The van der Waals surface area contributed by atoms with Crippen LogP contribution in [0.2, 0.25) is 0 Å². The van der Waals surface area contributed by atoms with Gasteiger partial charge in [0.1, 0.15) is 18.1 Å². The Kier molecular flexibility index (Phi) is 6.64. The van der Waals surface area contributed by atoms with Crippen molar-refractivity contribution in [3.63, 3.8) is 0 Å². The van der Waals surface area contributed by atoms with Gasteiger partial charge in [-0.25, -0.2) is 0 Å². The van der Waals surface area contributed by atoms with Crippen molar-refractivity contribution >= 4 is 5.91 Å². The van der Waals surface area contributed by atoms with Crippen molar-refractivity contribution < 1.29 is 32.2 Å². The summed E-state index contributed by atoms with van der Waals surface area (Å²) >= 11 is 0. The molecule has 29 heavy (non-hydrogen) atoms. The summed E-state index contributed by atoms with van der Waals surface area (Å²) in [5.74, 6) is 0.167. The quantitative estimate of drug-likeness (QED) is 0.680. The Bertz CT molecular complexity index is 800. The van der Waals surface area contributed by atoms with Crippen molar-refractivity contribution in [2.45, 2.75) is 31.9 Å². The van der Waals surface area contributed by atoms with Crippen molar-refractivity contribution in [3.8, 4) is 11.5 Å². The van der Waals surface area contributed by atoms with Crippen LogP contribution in [0.1, 0.15) is 28.8 Å². The van der Waals surface area contributed by atoms with E-state index in [0.29, 0.717) is 23.5 Å². The predicted octanol–water partition coefficient (Wildman–Crippen LogP) is 4.42. The third kappa shape index (κ3) is 6.39. The first kappa shape index (κ1) is 21.0. The molecule has 5 nitrogen and oxygen atoms in total. The monoisotopic (exact) mass is 409 g/mol. The molecule has 0 spiro atoms. The number of carbonyl (C=O) groups excluding carboxylic acids is 1. The molecule has 1 aliphatic rings. The number of carbonyl (C=O) groups is 1. The molecule has 0 N–H and O–H groups in total. The smallest absolute Gasteiger partial charge is 0.491 e. The van der Waals surface area contributed by atoms with Gasteiger partial charge in [0.25, 0.3) is 5.91 Å². The summed E-state index contributed by atoms with van der Waals surface area (Å²) in [5, 5.41) is 0. The van der Waals surface area contributed by atoms with Crippen LogP contribution in [0.15, 0.2) is 48.5 Å². The number of rotatable bonds is 7. The third-order valence-corrected chi connectivity index (χ3v) is 4.48. The molecule has 1 fully saturated rings. The summed E-state index contributed by atoms with van der Waals surface area (Å²) in [4.78, 5) is 14.1. The molecule has 0 aromatic heterocycles. The van der Waals surface area contributed by atoms with Gasteiger partial charge in [-0.1, -0.05) is 12.1 Å². The van der Waals surface area contributed by atoms with Gasteiger partial charge in [0.05, 0.1) is 6.10 Å². The van der Waals surface area contributed by atoms with Gasteiger partial charge in [-0.3, -0.25) is 4.79 Å². The van der Waals surface area contributed by atoms with Gasteiger partial charge in [-0.05, 0) is 54.8 Å². The van der Waals surface area contributed by atoms with Gasteiger partial charge in [-0.15, -0.1) is 13.2 Å². The topological polar surface area (TPSA) is 48.0 Å². The van der Waals surface area contributed by atoms with Crippen LogP contribution in [0.4, 0.5) is 13.2 Å². The van der Waals surface area contributed by atoms with Crippen LogP contribution in [0.3, 0.4) is 0 Å². The second-order valence-corrected chi connectivity index (χ2v) is 6.82. The molecule has 1 amide bonds. The minimum atomic E-state index is -4.73. The second-order valence-electron chi connectivity index (χ2n) is 6.82. The number of hydrogen-bond donors (Lipinski definition) is 0. The van der Waals surface area contributed by atoms with Gasteiger partial charge >= 0.3 is 6.36 Å². The highest BCUT2D eigenvalue weighted by molar-refractivity contribution is 5.94. The maximum absolute atomic E-state index is 12.6. The van der Waals surface area contributed by atoms with E-state index in [1.54, 1.807) is 31.3 Å². The van der Waals surface area contributed by atoms with Crippen LogP contribution in [0.5, 0.6) is 11.5 Å². The fourth-order valence-corrected chi connectivity index (χ4v) is 3.02. The molecule has 1 atom stereocenters. The van der Waals surface area contributed by atoms with Crippen LogP contribution < -0.4 is 9.47 Å². The maximum Gasteiger partial charge on any atom is 0.573 e. The number of amides is 1. The highest BCUT2D eigenvalue weighted by Gasteiger charge is 2.31. The Morgan fingerprint density at radius 1 is 1.10 bits per heavy atom. The van der Waals surface area contributed by atoms with Crippen LogP contribution in [-0.2, 0) is 11.3 Å². The van der Waals surface area contributed by atoms with E-state index in [-0.39, 0.29) is 24.3 Å². The lowest BCUT2D eigenvalue weighted by Crippen LogP contribution is -2.26. The highest BCUT2D eigenvalue weighted by atomic mass is 19.4.